The Labute approximate surface area is 156 Å². The van der Waals surface area contributed by atoms with Gasteiger partial charge in [-0.25, -0.2) is 4.79 Å². The molecule has 1 aromatic carbocycles. The fourth-order valence-electron chi connectivity index (χ4n) is 3.13. The highest BCUT2D eigenvalue weighted by Gasteiger charge is 2.20. The van der Waals surface area contributed by atoms with Crippen LogP contribution in [0.15, 0.2) is 18.2 Å². The second-order valence-electron chi connectivity index (χ2n) is 6.95. The van der Waals surface area contributed by atoms with Crippen molar-refractivity contribution in [3.8, 4) is 11.5 Å². The van der Waals surface area contributed by atoms with E-state index in [9.17, 15) is 4.79 Å². The average Bonchev–Trinajstić information content (AvgIpc) is 2.86. The summed E-state index contributed by atoms with van der Waals surface area (Å²) in [6.07, 6.45) is 3.34. The third kappa shape index (κ3) is 5.80. The molecule has 6 heteroatoms. The van der Waals surface area contributed by atoms with Crippen molar-refractivity contribution in [2.45, 2.75) is 39.2 Å². The Morgan fingerprint density at radius 2 is 2.04 bits per heavy atom. The lowest BCUT2D eigenvalue weighted by atomic mass is 10.0. The highest BCUT2D eigenvalue weighted by molar-refractivity contribution is 5.74. The maximum Gasteiger partial charge on any atom is 0.317 e. The van der Waals surface area contributed by atoms with E-state index in [1.54, 1.807) is 14.2 Å². The van der Waals surface area contributed by atoms with Crippen LogP contribution in [0.2, 0.25) is 0 Å². The number of rotatable bonds is 7. The van der Waals surface area contributed by atoms with Crippen LogP contribution in [0.4, 0.5) is 4.79 Å². The fourth-order valence-corrected chi connectivity index (χ4v) is 3.13. The minimum absolute atomic E-state index is 0.00554. The zero-order valence-corrected chi connectivity index (χ0v) is 16.4. The average molecular weight is 364 g/mol. The maximum atomic E-state index is 12.6. The van der Waals surface area contributed by atoms with E-state index in [4.69, 9.17) is 14.2 Å². The number of hydrogen-bond acceptors (Lipinski definition) is 4. The van der Waals surface area contributed by atoms with E-state index >= 15 is 0 Å². The van der Waals surface area contributed by atoms with Crippen molar-refractivity contribution in [1.82, 2.24) is 10.2 Å². The van der Waals surface area contributed by atoms with E-state index in [2.05, 4.69) is 12.2 Å². The third-order valence-electron chi connectivity index (χ3n) is 4.88. The zero-order chi connectivity index (χ0) is 18.9. The summed E-state index contributed by atoms with van der Waals surface area (Å²) in [4.78, 5) is 14.5. The van der Waals surface area contributed by atoms with E-state index in [0.29, 0.717) is 30.6 Å². The molecule has 1 aromatic rings. The molecule has 146 valence electrons. The molecule has 1 fully saturated rings. The van der Waals surface area contributed by atoms with Crippen LogP contribution in [0, 0.1) is 5.92 Å². The minimum Gasteiger partial charge on any atom is -0.493 e. The topological polar surface area (TPSA) is 60.0 Å². The van der Waals surface area contributed by atoms with Gasteiger partial charge < -0.3 is 24.4 Å². The summed E-state index contributed by atoms with van der Waals surface area (Å²) in [6, 6.07) is 5.65. The Morgan fingerprint density at radius 3 is 2.77 bits per heavy atom. The molecule has 2 amide bonds. The van der Waals surface area contributed by atoms with Gasteiger partial charge in [-0.1, -0.05) is 13.0 Å². The van der Waals surface area contributed by atoms with Crippen LogP contribution in [-0.4, -0.2) is 51.5 Å². The number of carbonyl (C=O) groups is 1. The number of carbonyl (C=O) groups excluding carboxylic acids is 1. The van der Waals surface area contributed by atoms with Crippen LogP contribution in [0.3, 0.4) is 0 Å². The summed E-state index contributed by atoms with van der Waals surface area (Å²) in [7, 11) is 3.25. The quantitative estimate of drug-likeness (QED) is 0.751. The third-order valence-corrected chi connectivity index (χ3v) is 4.88. The number of nitrogens with one attached hydrogen (secondary N) is 1. The van der Waals surface area contributed by atoms with Crippen molar-refractivity contribution in [2.75, 3.05) is 40.5 Å². The number of methoxy groups -OCH3 is 2. The van der Waals surface area contributed by atoms with E-state index < -0.39 is 0 Å². The van der Waals surface area contributed by atoms with Gasteiger partial charge in [-0.05, 0) is 49.8 Å². The molecular formula is C20H32N2O4. The molecule has 1 heterocycles. The first-order valence-electron chi connectivity index (χ1n) is 9.40. The van der Waals surface area contributed by atoms with E-state index in [0.717, 1.165) is 31.5 Å². The van der Waals surface area contributed by atoms with Gasteiger partial charge in [0.1, 0.15) is 6.61 Å². The molecule has 1 saturated heterocycles. The Hall–Kier alpha value is -1.95. The van der Waals surface area contributed by atoms with Crippen molar-refractivity contribution < 1.29 is 19.0 Å². The van der Waals surface area contributed by atoms with Crippen molar-refractivity contribution in [2.24, 2.45) is 5.92 Å². The lowest BCUT2D eigenvalue weighted by molar-refractivity contribution is 0.144. The standard InChI is InChI=1S/C20H32N2O4/c1-15-6-5-10-22(11-9-15)20(23)21-16(2)17-7-8-18(19(14-17)25-4)26-13-12-24-3/h7-8,14-16H,5-6,9-13H2,1-4H3,(H,21,23). The van der Waals surface area contributed by atoms with Gasteiger partial charge >= 0.3 is 6.03 Å². The van der Waals surface area contributed by atoms with Gasteiger partial charge in [0.25, 0.3) is 0 Å². The second-order valence-corrected chi connectivity index (χ2v) is 6.95. The summed E-state index contributed by atoms with van der Waals surface area (Å²) in [5.41, 5.74) is 0.984. The number of amides is 2. The molecule has 2 atom stereocenters. The predicted octanol–water partition coefficient (Wildman–Crippen LogP) is 3.61. The van der Waals surface area contributed by atoms with Crippen LogP contribution < -0.4 is 14.8 Å². The lowest BCUT2D eigenvalue weighted by Gasteiger charge is -2.24. The molecule has 6 nitrogen and oxygen atoms in total. The summed E-state index contributed by atoms with van der Waals surface area (Å²) >= 11 is 0. The summed E-state index contributed by atoms with van der Waals surface area (Å²) in [5.74, 6) is 2.02. The smallest absolute Gasteiger partial charge is 0.317 e. The first-order valence-corrected chi connectivity index (χ1v) is 9.40. The molecule has 1 aliphatic heterocycles. The molecule has 0 bridgehead atoms. The van der Waals surface area contributed by atoms with Crippen LogP contribution in [0.5, 0.6) is 11.5 Å². The fraction of sp³-hybridized carbons (Fsp3) is 0.650. The van der Waals surface area contributed by atoms with Crippen LogP contribution in [0.25, 0.3) is 0 Å². The predicted molar refractivity (Wildman–Crippen MR) is 102 cm³/mol. The van der Waals surface area contributed by atoms with Crippen LogP contribution in [0.1, 0.15) is 44.7 Å². The van der Waals surface area contributed by atoms with Gasteiger partial charge in [0.15, 0.2) is 11.5 Å². The summed E-state index contributed by atoms with van der Waals surface area (Å²) < 4.78 is 16.1. The number of ether oxygens (including phenoxy) is 3. The van der Waals surface area contributed by atoms with E-state index in [1.807, 2.05) is 30.0 Å². The molecular weight excluding hydrogens is 332 g/mol. The molecule has 1 aliphatic rings. The number of urea groups is 1. The van der Waals surface area contributed by atoms with Gasteiger partial charge in [0.2, 0.25) is 0 Å². The number of benzene rings is 1. The normalized spacial score (nSPS) is 18.8. The zero-order valence-electron chi connectivity index (χ0n) is 16.4. The van der Waals surface area contributed by atoms with Gasteiger partial charge in [-0.15, -0.1) is 0 Å². The Kier molecular flexibility index (Phi) is 8.04. The first kappa shape index (κ1) is 20.4. The highest BCUT2D eigenvalue weighted by atomic mass is 16.5. The molecule has 0 radical (unpaired) electrons. The molecule has 0 spiro atoms. The first-order chi connectivity index (χ1) is 12.5. The number of likely N-dealkylation sites (tertiary alicyclic amines) is 1. The molecule has 0 aromatic heterocycles. The SMILES string of the molecule is COCCOc1ccc(C(C)NC(=O)N2CCCC(C)CC2)cc1OC. The highest BCUT2D eigenvalue weighted by Crippen LogP contribution is 2.30. The van der Waals surface area contributed by atoms with Gasteiger partial charge in [-0.2, -0.15) is 0 Å². The van der Waals surface area contributed by atoms with Crippen LogP contribution >= 0.6 is 0 Å². The number of hydrogen-bond donors (Lipinski definition) is 1. The largest absolute Gasteiger partial charge is 0.493 e. The van der Waals surface area contributed by atoms with Crippen LogP contribution in [-0.2, 0) is 4.74 Å². The van der Waals surface area contributed by atoms with E-state index in [1.165, 1.54) is 6.42 Å². The van der Waals surface area contributed by atoms with E-state index in [-0.39, 0.29) is 12.1 Å². The number of nitrogens with zero attached hydrogens (tertiary/aromatic N) is 1. The Morgan fingerprint density at radius 1 is 1.23 bits per heavy atom. The van der Waals surface area contributed by atoms with Gasteiger partial charge in [-0.3, -0.25) is 0 Å². The van der Waals surface area contributed by atoms with Crippen molar-refractivity contribution >= 4 is 6.03 Å². The molecule has 2 unspecified atom stereocenters. The maximum absolute atomic E-state index is 12.6. The molecule has 2 rings (SSSR count). The van der Waals surface area contributed by atoms with Crippen molar-refractivity contribution in [3.63, 3.8) is 0 Å². The monoisotopic (exact) mass is 364 g/mol. The van der Waals surface area contributed by atoms with Gasteiger partial charge in [0.05, 0.1) is 19.8 Å². The molecule has 26 heavy (non-hydrogen) atoms. The Bertz CT molecular complexity index is 579. The summed E-state index contributed by atoms with van der Waals surface area (Å²) in [5, 5.41) is 3.10. The Balaban J connectivity index is 1.97. The second kappa shape index (κ2) is 10.3. The molecule has 1 N–H and O–H groups in total. The van der Waals surface area contributed by atoms with Crippen molar-refractivity contribution in [3.05, 3.63) is 23.8 Å². The minimum atomic E-state index is -0.106. The molecule has 0 aliphatic carbocycles. The van der Waals surface area contributed by atoms with Crippen molar-refractivity contribution in [1.29, 1.82) is 0 Å². The lowest BCUT2D eigenvalue weighted by Crippen LogP contribution is -2.41. The van der Waals surface area contributed by atoms with Gasteiger partial charge in [0, 0.05) is 20.2 Å². The summed E-state index contributed by atoms with van der Waals surface area (Å²) in [6.45, 7) is 6.89. The molecule has 0 saturated carbocycles.